The van der Waals surface area contributed by atoms with Crippen LogP contribution in [0.1, 0.15) is 37.0 Å². The van der Waals surface area contributed by atoms with Gasteiger partial charge >= 0.3 is 0 Å². The Morgan fingerprint density at radius 2 is 2.30 bits per heavy atom. The molecule has 1 aliphatic rings. The number of hydrogen-bond donors (Lipinski definition) is 1. The SMILES string of the molecule is CCc1cc(C(=O)N2CC(CO)OC(C)(C)C2)n(C)n1. The lowest BCUT2D eigenvalue weighted by molar-refractivity contribution is -0.139. The first-order valence-corrected chi connectivity index (χ1v) is 6.97. The molecule has 2 rings (SSSR count). The van der Waals surface area contributed by atoms with Crippen molar-refractivity contribution in [2.75, 3.05) is 19.7 Å². The van der Waals surface area contributed by atoms with Crippen LogP contribution in [0.2, 0.25) is 0 Å². The molecule has 1 saturated heterocycles. The van der Waals surface area contributed by atoms with Gasteiger partial charge in [-0.15, -0.1) is 0 Å². The molecule has 0 aliphatic carbocycles. The smallest absolute Gasteiger partial charge is 0.272 e. The van der Waals surface area contributed by atoms with Crippen molar-refractivity contribution in [2.24, 2.45) is 7.05 Å². The van der Waals surface area contributed by atoms with Gasteiger partial charge < -0.3 is 14.7 Å². The average molecular weight is 281 g/mol. The molecule has 1 amide bonds. The van der Waals surface area contributed by atoms with Crippen LogP contribution in [0.25, 0.3) is 0 Å². The minimum atomic E-state index is -0.451. The highest BCUT2D eigenvalue weighted by Gasteiger charge is 2.36. The molecule has 0 radical (unpaired) electrons. The summed E-state index contributed by atoms with van der Waals surface area (Å²) in [6.45, 7) is 6.70. The number of carbonyl (C=O) groups excluding carboxylic acids is 1. The molecule has 1 atom stereocenters. The van der Waals surface area contributed by atoms with E-state index in [4.69, 9.17) is 4.74 Å². The first-order chi connectivity index (χ1) is 9.36. The fourth-order valence-corrected chi connectivity index (χ4v) is 2.61. The molecule has 1 aromatic heterocycles. The van der Waals surface area contributed by atoms with Crippen LogP contribution in [0.4, 0.5) is 0 Å². The number of aliphatic hydroxyl groups excluding tert-OH is 1. The summed E-state index contributed by atoms with van der Waals surface area (Å²) in [6.07, 6.45) is 0.469. The predicted molar refractivity (Wildman–Crippen MR) is 74.5 cm³/mol. The molecule has 0 spiro atoms. The van der Waals surface area contributed by atoms with Gasteiger partial charge in [0.25, 0.3) is 5.91 Å². The number of nitrogens with zero attached hydrogens (tertiary/aromatic N) is 3. The van der Waals surface area contributed by atoms with Gasteiger partial charge in [0.15, 0.2) is 0 Å². The van der Waals surface area contributed by atoms with E-state index in [1.165, 1.54) is 0 Å². The molecular formula is C14H23N3O3. The third kappa shape index (κ3) is 3.02. The van der Waals surface area contributed by atoms with E-state index in [0.29, 0.717) is 18.8 Å². The number of aliphatic hydroxyl groups is 1. The number of morpholine rings is 1. The number of aromatic nitrogens is 2. The summed E-state index contributed by atoms with van der Waals surface area (Å²) in [7, 11) is 1.78. The van der Waals surface area contributed by atoms with Crippen LogP contribution in [0, 0.1) is 0 Å². The van der Waals surface area contributed by atoms with Gasteiger partial charge in [-0.2, -0.15) is 5.10 Å². The molecule has 0 saturated carbocycles. The second-order valence-corrected chi connectivity index (χ2v) is 5.87. The summed E-state index contributed by atoms with van der Waals surface area (Å²) in [5.74, 6) is -0.0606. The van der Waals surface area contributed by atoms with Crippen LogP contribution in [0.15, 0.2) is 6.07 Å². The minimum Gasteiger partial charge on any atom is -0.394 e. The number of carbonyl (C=O) groups is 1. The lowest BCUT2D eigenvalue weighted by Crippen LogP contribution is -2.55. The molecule has 1 N–H and O–H groups in total. The van der Waals surface area contributed by atoms with Crippen LogP contribution in [-0.2, 0) is 18.2 Å². The quantitative estimate of drug-likeness (QED) is 0.881. The number of aryl methyl sites for hydroxylation is 2. The molecule has 6 heteroatoms. The second-order valence-electron chi connectivity index (χ2n) is 5.87. The Kier molecular flexibility index (Phi) is 4.15. The van der Waals surface area contributed by atoms with E-state index in [1.807, 2.05) is 26.8 Å². The molecule has 1 fully saturated rings. The molecule has 1 aromatic rings. The number of amides is 1. The first-order valence-electron chi connectivity index (χ1n) is 6.97. The molecule has 6 nitrogen and oxygen atoms in total. The lowest BCUT2D eigenvalue weighted by atomic mass is 10.0. The average Bonchev–Trinajstić information content (AvgIpc) is 2.77. The Bertz CT molecular complexity index is 496. The van der Waals surface area contributed by atoms with Crippen molar-refractivity contribution in [3.8, 4) is 0 Å². The third-order valence-electron chi connectivity index (χ3n) is 3.48. The maximum atomic E-state index is 12.6. The largest absolute Gasteiger partial charge is 0.394 e. The molecule has 0 aromatic carbocycles. The molecule has 1 unspecified atom stereocenters. The summed E-state index contributed by atoms with van der Waals surface area (Å²) in [5, 5.41) is 13.6. The summed E-state index contributed by atoms with van der Waals surface area (Å²) in [6, 6.07) is 1.83. The molecule has 112 valence electrons. The van der Waals surface area contributed by atoms with E-state index in [0.717, 1.165) is 12.1 Å². The standard InChI is InChI=1S/C14H23N3O3/c1-5-10-6-12(16(4)15-10)13(19)17-7-11(8-18)20-14(2,3)9-17/h6,11,18H,5,7-9H2,1-4H3. The number of rotatable bonds is 3. The van der Waals surface area contributed by atoms with E-state index < -0.39 is 5.60 Å². The predicted octanol–water partition coefficient (Wildman–Crippen LogP) is 0.594. The molecular weight excluding hydrogens is 258 g/mol. The highest BCUT2D eigenvalue weighted by Crippen LogP contribution is 2.22. The number of hydrogen-bond acceptors (Lipinski definition) is 4. The Hall–Kier alpha value is -1.40. The second kappa shape index (κ2) is 5.54. The van der Waals surface area contributed by atoms with Crippen molar-refractivity contribution in [2.45, 2.75) is 38.9 Å². The van der Waals surface area contributed by atoms with E-state index in [2.05, 4.69) is 5.10 Å². The zero-order chi connectivity index (χ0) is 14.9. The maximum Gasteiger partial charge on any atom is 0.272 e. The highest BCUT2D eigenvalue weighted by molar-refractivity contribution is 5.92. The summed E-state index contributed by atoms with van der Waals surface area (Å²) >= 11 is 0. The van der Waals surface area contributed by atoms with Crippen LogP contribution in [0.5, 0.6) is 0 Å². The Morgan fingerprint density at radius 3 is 2.85 bits per heavy atom. The fraction of sp³-hybridized carbons (Fsp3) is 0.714. The topological polar surface area (TPSA) is 67.6 Å². The van der Waals surface area contributed by atoms with Gasteiger partial charge in [0.05, 0.1) is 24.0 Å². The molecule has 0 bridgehead atoms. The van der Waals surface area contributed by atoms with Crippen molar-refractivity contribution in [1.29, 1.82) is 0 Å². The van der Waals surface area contributed by atoms with Gasteiger partial charge in [0, 0.05) is 20.1 Å². The van der Waals surface area contributed by atoms with Crippen molar-refractivity contribution in [3.05, 3.63) is 17.5 Å². The molecule has 2 heterocycles. The zero-order valence-corrected chi connectivity index (χ0v) is 12.6. The Labute approximate surface area is 119 Å². The van der Waals surface area contributed by atoms with Gasteiger partial charge in [0.2, 0.25) is 0 Å². The van der Waals surface area contributed by atoms with Crippen molar-refractivity contribution >= 4 is 5.91 Å². The van der Waals surface area contributed by atoms with Crippen molar-refractivity contribution in [1.82, 2.24) is 14.7 Å². The van der Waals surface area contributed by atoms with Crippen LogP contribution in [-0.4, -0.2) is 57.1 Å². The van der Waals surface area contributed by atoms with E-state index in [9.17, 15) is 9.90 Å². The Morgan fingerprint density at radius 1 is 1.60 bits per heavy atom. The Balaban J connectivity index is 2.21. The van der Waals surface area contributed by atoms with E-state index >= 15 is 0 Å². The normalized spacial score (nSPS) is 22.1. The van der Waals surface area contributed by atoms with Crippen molar-refractivity contribution in [3.63, 3.8) is 0 Å². The lowest BCUT2D eigenvalue weighted by Gasteiger charge is -2.42. The van der Waals surface area contributed by atoms with Crippen LogP contribution < -0.4 is 0 Å². The molecule has 1 aliphatic heterocycles. The summed E-state index contributed by atoms with van der Waals surface area (Å²) in [4.78, 5) is 14.4. The number of ether oxygens (including phenoxy) is 1. The van der Waals surface area contributed by atoms with E-state index in [1.54, 1.807) is 16.6 Å². The summed E-state index contributed by atoms with van der Waals surface area (Å²) in [5.41, 5.74) is 1.03. The maximum absolute atomic E-state index is 12.6. The van der Waals surface area contributed by atoms with Gasteiger partial charge in [-0.3, -0.25) is 9.48 Å². The van der Waals surface area contributed by atoms with Gasteiger partial charge in [-0.05, 0) is 26.3 Å². The van der Waals surface area contributed by atoms with Crippen LogP contribution in [0.3, 0.4) is 0 Å². The first kappa shape index (κ1) is 15.0. The van der Waals surface area contributed by atoms with Crippen LogP contribution >= 0.6 is 0 Å². The van der Waals surface area contributed by atoms with Gasteiger partial charge in [0.1, 0.15) is 5.69 Å². The fourth-order valence-electron chi connectivity index (χ4n) is 2.61. The summed E-state index contributed by atoms with van der Waals surface area (Å²) < 4.78 is 7.35. The van der Waals surface area contributed by atoms with Gasteiger partial charge in [-0.1, -0.05) is 6.92 Å². The minimum absolute atomic E-state index is 0.0606. The monoisotopic (exact) mass is 281 g/mol. The molecule has 20 heavy (non-hydrogen) atoms. The highest BCUT2D eigenvalue weighted by atomic mass is 16.5. The van der Waals surface area contributed by atoms with Crippen molar-refractivity contribution < 1.29 is 14.6 Å². The van der Waals surface area contributed by atoms with E-state index in [-0.39, 0.29) is 18.6 Å². The van der Waals surface area contributed by atoms with Gasteiger partial charge in [-0.25, -0.2) is 0 Å². The third-order valence-corrected chi connectivity index (χ3v) is 3.48. The zero-order valence-electron chi connectivity index (χ0n) is 12.6.